The lowest BCUT2D eigenvalue weighted by Gasteiger charge is -2.10. The van der Waals surface area contributed by atoms with Crippen LogP contribution in [0.5, 0.6) is 23.0 Å². The monoisotopic (exact) mass is 552 g/mol. The molecule has 0 amide bonds. The van der Waals surface area contributed by atoms with Gasteiger partial charge in [0.2, 0.25) is 0 Å². The molecular formula is C35H40N2O4. The van der Waals surface area contributed by atoms with Crippen LogP contribution in [0.2, 0.25) is 0 Å². The third-order valence-corrected chi connectivity index (χ3v) is 6.92. The SMILES string of the molecule is c1cc2ccc1Cc1ccc(cc1)OCCNCCOc1ccc(cc1)Cc1ccc(cc1)OCCNCCCO2. The highest BCUT2D eigenvalue weighted by atomic mass is 16.5. The van der Waals surface area contributed by atoms with Crippen molar-refractivity contribution in [3.63, 3.8) is 0 Å². The highest BCUT2D eigenvalue weighted by molar-refractivity contribution is 5.35. The van der Waals surface area contributed by atoms with Crippen molar-refractivity contribution < 1.29 is 18.9 Å². The first kappa shape index (κ1) is 28.5. The highest BCUT2D eigenvalue weighted by Crippen LogP contribution is 2.19. The lowest BCUT2D eigenvalue weighted by atomic mass is 10.0. The van der Waals surface area contributed by atoms with Crippen LogP contribution < -0.4 is 29.6 Å². The van der Waals surface area contributed by atoms with Gasteiger partial charge in [-0.1, -0.05) is 48.5 Å². The zero-order valence-corrected chi connectivity index (χ0v) is 23.6. The summed E-state index contributed by atoms with van der Waals surface area (Å²) in [4.78, 5) is 0. The smallest absolute Gasteiger partial charge is 0.119 e. The van der Waals surface area contributed by atoms with Gasteiger partial charge in [-0.05, 0) is 96.6 Å². The summed E-state index contributed by atoms with van der Waals surface area (Å²) in [6, 6.07) is 33.4. The standard InChI is InChI=1S/C35H40N2O4/c1-18-36-19-23-39-33-12-4-30(5-13-33)27-31-8-16-35(17-9-31)41-25-21-37-20-24-40-34-14-6-29(7-15-34)26-28-2-10-32(11-3-28)38-22-1/h2-17,36-37H,1,18-27H2. The lowest BCUT2D eigenvalue weighted by molar-refractivity contribution is 0.289. The molecule has 4 aromatic rings. The minimum Gasteiger partial charge on any atom is -0.494 e. The fourth-order valence-corrected chi connectivity index (χ4v) is 4.65. The van der Waals surface area contributed by atoms with Crippen molar-refractivity contribution in [3.05, 3.63) is 119 Å². The Bertz CT molecular complexity index is 1190. The van der Waals surface area contributed by atoms with Gasteiger partial charge < -0.3 is 29.6 Å². The predicted molar refractivity (Wildman–Crippen MR) is 164 cm³/mol. The maximum absolute atomic E-state index is 5.92. The first-order valence-electron chi connectivity index (χ1n) is 14.6. The number of benzene rings is 4. The molecule has 214 valence electrons. The van der Waals surface area contributed by atoms with Crippen molar-refractivity contribution >= 4 is 0 Å². The Morgan fingerprint density at radius 1 is 0.341 bits per heavy atom. The summed E-state index contributed by atoms with van der Waals surface area (Å²) in [6.45, 7) is 5.75. The maximum Gasteiger partial charge on any atom is 0.119 e. The zero-order chi connectivity index (χ0) is 28.0. The summed E-state index contributed by atoms with van der Waals surface area (Å²) in [5.74, 6) is 3.57. The van der Waals surface area contributed by atoms with Gasteiger partial charge in [-0.25, -0.2) is 0 Å². The van der Waals surface area contributed by atoms with Crippen molar-refractivity contribution in [2.45, 2.75) is 19.3 Å². The van der Waals surface area contributed by atoms with E-state index in [1.807, 2.05) is 36.4 Å². The van der Waals surface area contributed by atoms with Crippen LogP contribution in [-0.2, 0) is 12.8 Å². The Balaban J connectivity index is 1.13. The maximum atomic E-state index is 5.92. The molecule has 41 heavy (non-hydrogen) atoms. The van der Waals surface area contributed by atoms with Crippen LogP contribution in [0.4, 0.5) is 0 Å². The minimum atomic E-state index is 0.609. The first-order valence-corrected chi connectivity index (χ1v) is 14.6. The number of rotatable bonds is 0. The minimum absolute atomic E-state index is 0.609. The third-order valence-electron chi connectivity index (χ3n) is 6.92. The Hall–Kier alpha value is -4.00. The predicted octanol–water partition coefficient (Wildman–Crippen LogP) is 5.67. The van der Waals surface area contributed by atoms with Crippen molar-refractivity contribution in [2.75, 3.05) is 52.6 Å². The van der Waals surface area contributed by atoms with Crippen molar-refractivity contribution in [1.82, 2.24) is 10.6 Å². The lowest BCUT2D eigenvalue weighted by Crippen LogP contribution is -2.25. The zero-order valence-electron chi connectivity index (χ0n) is 23.6. The number of nitrogens with one attached hydrogen (secondary N) is 2. The van der Waals surface area contributed by atoms with E-state index < -0.39 is 0 Å². The van der Waals surface area contributed by atoms with E-state index in [9.17, 15) is 0 Å². The fraction of sp³-hybridized carbons (Fsp3) is 0.314. The van der Waals surface area contributed by atoms with E-state index in [1.165, 1.54) is 22.3 Å². The van der Waals surface area contributed by atoms with Gasteiger partial charge in [-0.15, -0.1) is 0 Å². The van der Waals surface area contributed by atoms with E-state index in [1.54, 1.807) is 0 Å². The summed E-state index contributed by atoms with van der Waals surface area (Å²) in [6.07, 6.45) is 2.69. The molecule has 6 nitrogen and oxygen atoms in total. The van der Waals surface area contributed by atoms with E-state index in [-0.39, 0.29) is 0 Å². The van der Waals surface area contributed by atoms with Crippen LogP contribution in [0.3, 0.4) is 0 Å². The van der Waals surface area contributed by atoms with Gasteiger partial charge in [0.15, 0.2) is 0 Å². The molecule has 0 aliphatic carbocycles. The van der Waals surface area contributed by atoms with Gasteiger partial charge >= 0.3 is 0 Å². The molecule has 0 radical (unpaired) electrons. The molecule has 10 aliphatic rings. The van der Waals surface area contributed by atoms with E-state index in [0.29, 0.717) is 26.4 Å². The van der Waals surface area contributed by atoms with E-state index in [2.05, 4.69) is 71.3 Å². The van der Waals surface area contributed by atoms with Crippen LogP contribution in [-0.4, -0.2) is 52.6 Å². The summed E-state index contributed by atoms with van der Waals surface area (Å²) >= 11 is 0. The van der Waals surface area contributed by atoms with Gasteiger partial charge in [0, 0.05) is 19.6 Å². The fourth-order valence-electron chi connectivity index (χ4n) is 4.65. The highest BCUT2D eigenvalue weighted by Gasteiger charge is 2.03. The van der Waals surface area contributed by atoms with Gasteiger partial charge in [0.1, 0.15) is 42.8 Å². The van der Waals surface area contributed by atoms with Gasteiger partial charge in [-0.2, -0.15) is 0 Å². The molecule has 10 heterocycles. The normalized spacial score (nSPS) is 15.8. The molecule has 0 fully saturated rings. The number of hydrogen-bond donors (Lipinski definition) is 2. The van der Waals surface area contributed by atoms with Crippen molar-refractivity contribution in [3.8, 4) is 23.0 Å². The Morgan fingerprint density at radius 3 is 0.976 bits per heavy atom. The second-order valence-corrected chi connectivity index (χ2v) is 10.2. The number of hydrogen-bond acceptors (Lipinski definition) is 6. The van der Waals surface area contributed by atoms with Gasteiger partial charge in [-0.3, -0.25) is 0 Å². The molecule has 0 saturated heterocycles. The molecule has 0 atom stereocenters. The van der Waals surface area contributed by atoms with E-state index in [0.717, 1.165) is 68.4 Å². The topological polar surface area (TPSA) is 61.0 Å². The Morgan fingerprint density at radius 2 is 0.634 bits per heavy atom. The molecule has 10 aliphatic heterocycles. The average Bonchev–Trinajstić information content (AvgIpc) is 3.01. The van der Waals surface area contributed by atoms with Crippen LogP contribution >= 0.6 is 0 Å². The quantitative estimate of drug-likeness (QED) is 0.293. The van der Waals surface area contributed by atoms with E-state index in [4.69, 9.17) is 18.9 Å². The molecule has 0 spiro atoms. The number of ether oxygens (including phenoxy) is 4. The summed E-state index contributed by atoms with van der Waals surface area (Å²) < 4.78 is 23.6. The summed E-state index contributed by atoms with van der Waals surface area (Å²) in [5, 5.41) is 6.81. The van der Waals surface area contributed by atoms with Crippen LogP contribution in [0.1, 0.15) is 28.7 Å². The largest absolute Gasteiger partial charge is 0.494 e. The molecule has 8 bridgehead atoms. The molecule has 6 heteroatoms. The van der Waals surface area contributed by atoms with Crippen LogP contribution in [0.15, 0.2) is 97.1 Å². The van der Waals surface area contributed by atoms with E-state index >= 15 is 0 Å². The second kappa shape index (κ2) is 15.7. The van der Waals surface area contributed by atoms with Gasteiger partial charge in [0.25, 0.3) is 0 Å². The molecule has 0 unspecified atom stereocenters. The molecule has 0 aromatic heterocycles. The van der Waals surface area contributed by atoms with Crippen LogP contribution in [0, 0.1) is 0 Å². The van der Waals surface area contributed by atoms with Crippen LogP contribution in [0.25, 0.3) is 0 Å². The molecular weight excluding hydrogens is 512 g/mol. The summed E-state index contributed by atoms with van der Waals surface area (Å²) in [5.41, 5.74) is 5.01. The molecule has 0 saturated carbocycles. The second-order valence-electron chi connectivity index (χ2n) is 10.2. The molecule has 2 N–H and O–H groups in total. The molecule has 4 aromatic carbocycles. The Labute approximate surface area is 243 Å². The van der Waals surface area contributed by atoms with Gasteiger partial charge in [0.05, 0.1) is 6.61 Å². The van der Waals surface area contributed by atoms with Crippen molar-refractivity contribution in [1.29, 1.82) is 0 Å². The Kier molecular flexibility index (Phi) is 10.9. The first-order chi connectivity index (χ1) is 20.3. The average molecular weight is 553 g/mol. The summed E-state index contributed by atoms with van der Waals surface area (Å²) in [7, 11) is 0. The third kappa shape index (κ3) is 9.85. The van der Waals surface area contributed by atoms with Crippen molar-refractivity contribution in [2.24, 2.45) is 0 Å². The molecule has 14 rings (SSSR count).